The standard InChI is InChI=1S/C23H24ClN3O3/c1-23(2,14-28)27-21(29)17-10-18(24)12-19(11-17)26-22(30)20-9-16(13-25-20)8-15-6-4-3-5-7-15/h3-7,9-13,25,28H,8,14H2,1-2H3,(H,26,30)(H,27,29). The second kappa shape index (κ2) is 9.15. The van der Waals surface area contributed by atoms with Crippen LogP contribution >= 0.6 is 11.6 Å². The van der Waals surface area contributed by atoms with Crippen molar-refractivity contribution < 1.29 is 14.7 Å². The summed E-state index contributed by atoms with van der Waals surface area (Å²) in [6.07, 6.45) is 2.52. The summed E-state index contributed by atoms with van der Waals surface area (Å²) in [6, 6.07) is 16.4. The zero-order valence-electron chi connectivity index (χ0n) is 16.8. The van der Waals surface area contributed by atoms with E-state index in [4.69, 9.17) is 11.6 Å². The van der Waals surface area contributed by atoms with Gasteiger partial charge in [-0.05, 0) is 55.7 Å². The van der Waals surface area contributed by atoms with Gasteiger partial charge in [0.1, 0.15) is 5.69 Å². The van der Waals surface area contributed by atoms with Gasteiger partial charge in [0.15, 0.2) is 0 Å². The minimum absolute atomic E-state index is 0.207. The average Bonchev–Trinajstić information content (AvgIpc) is 3.16. The van der Waals surface area contributed by atoms with Crippen molar-refractivity contribution >= 4 is 29.1 Å². The molecule has 0 unspecified atom stereocenters. The number of aromatic amines is 1. The van der Waals surface area contributed by atoms with E-state index in [0.29, 0.717) is 22.8 Å². The molecule has 2 aromatic carbocycles. The predicted molar refractivity (Wildman–Crippen MR) is 118 cm³/mol. The number of nitrogens with one attached hydrogen (secondary N) is 3. The van der Waals surface area contributed by atoms with E-state index in [0.717, 1.165) is 11.1 Å². The molecule has 0 saturated carbocycles. The van der Waals surface area contributed by atoms with Crippen LogP contribution in [0.15, 0.2) is 60.8 Å². The van der Waals surface area contributed by atoms with Gasteiger partial charge in [-0.1, -0.05) is 41.9 Å². The zero-order chi connectivity index (χ0) is 21.7. The van der Waals surface area contributed by atoms with Crippen LogP contribution < -0.4 is 10.6 Å². The highest BCUT2D eigenvalue weighted by Gasteiger charge is 2.21. The molecule has 0 radical (unpaired) electrons. The Morgan fingerprint density at radius 3 is 2.47 bits per heavy atom. The van der Waals surface area contributed by atoms with Crippen molar-refractivity contribution in [3.05, 3.63) is 88.2 Å². The van der Waals surface area contributed by atoms with Crippen molar-refractivity contribution in [3.63, 3.8) is 0 Å². The smallest absolute Gasteiger partial charge is 0.272 e. The van der Waals surface area contributed by atoms with Crippen molar-refractivity contribution in [1.29, 1.82) is 0 Å². The average molecular weight is 426 g/mol. The number of hydrogen-bond donors (Lipinski definition) is 4. The first kappa shape index (κ1) is 21.6. The molecular formula is C23H24ClN3O3. The summed E-state index contributed by atoms with van der Waals surface area (Å²) in [6.45, 7) is 3.20. The molecule has 30 heavy (non-hydrogen) atoms. The lowest BCUT2D eigenvalue weighted by molar-refractivity contribution is 0.0868. The number of aliphatic hydroxyl groups is 1. The van der Waals surface area contributed by atoms with Crippen LogP contribution in [0.2, 0.25) is 5.02 Å². The molecule has 0 spiro atoms. The molecule has 4 N–H and O–H groups in total. The monoisotopic (exact) mass is 425 g/mol. The Labute approximate surface area is 180 Å². The highest BCUT2D eigenvalue weighted by Crippen LogP contribution is 2.21. The fourth-order valence-electron chi connectivity index (χ4n) is 2.91. The van der Waals surface area contributed by atoms with Crippen molar-refractivity contribution in [2.24, 2.45) is 0 Å². The lowest BCUT2D eigenvalue weighted by Gasteiger charge is -2.23. The minimum Gasteiger partial charge on any atom is -0.394 e. The van der Waals surface area contributed by atoms with Crippen molar-refractivity contribution in [1.82, 2.24) is 10.3 Å². The number of anilines is 1. The molecule has 0 aliphatic carbocycles. The number of carbonyl (C=O) groups excluding carboxylic acids is 2. The van der Waals surface area contributed by atoms with Crippen LogP contribution in [0.3, 0.4) is 0 Å². The SMILES string of the molecule is CC(C)(CO)NC(=O)c1cc(Cl)cc(NC(=O)c2cc(Cc3ccccc3)c[nH]2)c1. The van der Waals surface area contributed by atoms with Crippen LogP contribution in [0.4, 0.5) is 5.69 Å². The molecule has 6 nitrogen and oxygen atoms in total. The summed E-state index contributed by atoms with van der Waals surface area (Å²) in [4.78, 5) is 28.1. The number of carbonyl (C=O) groups is 2. The molecule has 156 valence electrons. The van der Waals surface area contributed by atoms with Gasteiger partial charge < -0.3 is 20.7 Å². The molecule has 0 saturated heterocycles. The van der Waals surface area contributed by atoms with E-state index in [2.05, 4.69) is 15.6 Å². The van der Waals surface area contributed by atoms with Gasteiger partial charge in [-0.25, -0.2) is 0 Å². The molecule has 0 bridgehead atoms. The molecule has 0 atom stereocenters. The molecule has 1 heterocycles. The van der Waals surface area contributed by atoms with Crippen molar-refractivity contribution in [2.75, 3.05) is 11.9 Å². The van der Waals surface area contributed by atoms with Gasteiger partial charge in [0, 0.05) is 22.5 Å². The van der Waals surface area contributed by atoms with Crippen LogP contribution in [0.5, 0.6) is 0 Å². The second-order valence-corrected chi connectivity index (χ2v) is 8.20. The van der Waals surface area contributed by atoms with Gasteiger partial charge in [0.05, 0.1) is 12.1 Å². The number of amides is 2. The van der Waals surface area contributed by atoms with Crippen molar-refractivity contribution in [2.45, 2.75) is 25.8 Å². The Kier molecular flexibility index (Phi) is 6.59. The molecule has 0 aliphatic heterocycles. The van der Waals surface area contributed by atoms with Gasteiger partial charge in [-0.3, -0.25) is 9.59 Å². The number of aliphatic hydroxyl groups excluding tert-OH is 1. The molecule has 0 aliphatic rings. The largest absolute Gasteiger partial charge is 0.394 e. The highest BCUT2D eigenvalue weighted by molar-refractivity contribution is 6.31. The molecule has 0 fully saturated rings. The minimum atomic E-state index is -0.776. The predicted octanol–water partition coefficient (Wildman–Crippen LogP) is 4.01. The fraction of sp³-hybridized carbons (Fsp3) is 0.217. The molecule has 2 amide bonds. The number of benzene rings is 2. The summed E-state index contributed by atoms with van der Waals surface area (Å²) in [5.74, 6) is -0.726. The maximum atomic E-state index is 12.6. The van der Waals surface area contributed by atoms with Gasteiger partial charge in [-0.15, -0.1) is 0 Å². The third-order valence-electron chi connectivity index (χ3n) is 4.50. The lowest BCUT2D eigenvalue weighted by atomic mass is 10.1. The first-order valence-electron chi connectivity index (χ1n) is 9.52. The third-order valence-corrected chi connectivity index (χ3v) is 4.72. The molecule has 7 heteroatoms. The first-order valence-corrected chi connectivity index (χ1v) is 9.90. The second-order valence-electron chi connectivity index (χ2n) is 7.76. The summed E-state index contributed by atoms with van der Waals surface area (Å²) in [5, 5.41) is 15.1. The summed E-state index contributed by atoms with van der Waals surface area (Å²) in [5.41, 5.74) is 2.47. The Morgan fingerprint density at radius 1 is 1.03 bits per heavy atom. The maximum Gasteiger partial charge on any atom is 0.272 e. The Morgan fingerprint density at radius 2 is 1.77 bits per heavy atom. The normalized spacial score (nSPS) is 11.2. The van der Waals surface area contributed by atoms with Gasteiger partial charge in [0.25, 0.3) is 11.8 Å². The van der Waals surface area contributed by atoms with E-state index in [1.54, 1.807) is 38.2 Å². The zero-order valence-corrected chi connectivity index (χ0v) is 17.6. The highest BCUT2D eigenvalue weighted by atomic mass is 35.5. The van der Waals surface area contributed by atoms with Crippen molar-refractivity contribution in [3.8, 4) is 0 Å². The van der Waals surface area contributed by atoms with Crippen LogP contribution in [0.25, 0.3) is 0 Å². The summed E-state index contributed by atoms with van der Waals surface area (Å²) in [7, 11) is 0. The van der Waals surface area contributed by atoms with E-state index in [-0.39, 0.29) is 18.1 Å². The van der Waals surface area contributed by atoms with E-state index < -0.39 is 11.4 Å². The number of H-pyrrole nitrogens is 1. The first-order chi connectivity index (χ1) is 14.3. The Hall–Kier alpha value is -3.09. The van der Waals surface area contributed by atoms with Gasteiger partial charge in [0.2, 0.25) is 0 Å². The summed E-state index contributed by atoms with van der Waals surface area (Å²) < 4.78 is 0. The fourth-order valence-corrected chi connectivity index (χ4v) is 3.15. The maximum absolute atomic E-state index is 12.6. The molecule has 3 aromatic rings. The number of rotatable bonds is 7. The third kappa shape index (κ3) is 5.72. The summed E-state index contributed by atoms with van der Waals surface area (Å²) >= 11 is 6.13. The van der Waals surface area contributed by atoms with E-state index in [1.165, 1.54) is 6.07 Å². The van der Waals surface area contributed by atoms with Gasteiger partial charge >= 0.3 is 0 Å². The van der Waals surface area contributed by atoms with Gasteiger partial charge in [-0.2, -0.15) is 0 Å². The number of hydrogen-bond acceptors (Lipinski definition) is 3. The number of halogens is 1. The topological polar surface area (TPSA) is 94.2 Å². The van der Waals surface area contributed by atoms with Crippen LogP contribution in [0, 0.1) is 0 Å². The Balaban J connectivity index is 1.71. The Bertz CT molecular complexity index is 1040. The van der Waals surface area contributed by atoms with Crippen LogP contribution in [-0.2, 0) is 6.42 Å². The van der Waals surface area contributed by atoms with Crippen LogP contribution in [-0.4, -0.2) is 34.1 Å². The number of aromatic nitrogens is 1. The molecule has 1 aromatic heterocycles. The quantitative estimate of drug-likeness (QED) is 0.460. The lowest BCUT2D eigenvalue weighted by Crippen LogP contribution is -2.46. The van der Waals surface area contributed by atoms with E-state index in [1.807, 2.05) is 30.3 Å². The van der Waals surface area contributed by atoms with E-state index in [9.17, 15) is 14.7 Å². The van der Waals surface area contributed by atoms with E-state index >= 15 is 0 Å². The molecular weight excluding hydrogens is 402 g/mol. The van der Waals surface area contributed by atoms with Crippen LogP contribution in [0.1, 0.15) is 45.8 Å². The molecule has 3 rings (SSSR count).